The van der Waals surface area contributed by atoms with Crippen LogP contribution in [0.2, 0.25) is 0 Å². The Balaban J connectivity index is 1.86. The maximum Gasteiger partial charge on any atom is 0.339 e. The average Bonchev–Trinajstić information content (AvgIpc) is 2.78. The minimum absolute atomic E-state index is 0.0313. The van der Waals surface area contributed by atoms with Gasteiger partial charge in [0.05, 0.1) is 17.1 Å². The van der Waals surface area contributed by atoms with Crippen molar-refractivity contribution in [1.82, 2.24) is 5.32 Å². The van der Waals surface area contributed by atoms with Crippen LogP contribution in [0.25, 0.3) is 0 Å². The fraction of sp³-hybridized carbons (Fsp3) is 0.385. The van der Waals surface area contributed by atoms with Crippen LogP contribution in [0, 0.1) is 5.82 Å². The number of nitrogens with one attached hydrogen (secondary N) is 1. The highest BCUT2D eigenvalue weighted by Gasteiger charge is 2.29. The molecule has 0 aromatic heterocycles. The Hall–Kier alpha value is -1.48. The molecule has 9 heteroatoms. The van der Waals surface area contributed by atoms with Gasteiger partial charge in [-0.1, -0.05) is 0 Å². The second kappa shape index (κ2) is 6.74. The standard InChI is InChI=1S/C13H13BrFNO5S/c14-11-2-1-8(15)5-10(11)13(18)21-6-12(17)16-9-3-4-22(19,20)7-9/h1-2,5,9H,3-4,6-7H2,(H,16,17)/t9-/m1/s1. The number of sulfone groups is 1. The van der Waals surface area contributed by atoms with Crippen LogP contribution in [0.3, 0.4) is 0 Å². The molecule has 0 bridgehead atoms. The molecule has 1 saturated heterocycles. The summed E-state index contributed by atoms with van der Waals surface area (Å²) in [5, 5.41) is 2.49. The van der Waals surface area contributed by atoms with Gasteiger partial charge in [0, 0.05) is 10.5 Å². The van der Waals surface area contributed by atoms with Gasteiger partial charge < -0.3 is 10.1 Å². The number of hydrogen-bond donors (Lipinski definition) is 1. The molecule has 0 aliphatic carbocycles. The predicted octanol–water partition coefficient (Wildman–Crippen LogP) is 1.05. The SMILES string of the molecule is O=C(COC(=O)c1cc(F)ccc1Br)N[C@@H]1CCS(=O)(=O)C1. The minimum atomic E-state index is -3.10. The molecule has 0 spiro atoms. The summed E-state index contributed by atoms with van der Waals surface area (Å²) in [6.45, 7) is -0.557. The Morgan fingerprint density at radius 1 is 1.41 bits per heavy atom. The van der Waals surface area contributed by atoms with Gasteiger partial charge in [0.15, 0.2) is 16.4 Å². The fourth-order valence-electron chi connectivity index (χ4n) is 2.04. The van der Waals surface area contributed by atoms with Gasteiger partial charge in [0.2, 0.25) is 0 Å². The maximum absolute atomic E-state index is 13.1. The minimum Gasteiger partial charge on any atom is -0.452 e. The Labute approximate surface area is 135 Å². The second-order valence-corrected chi connectivity index (χ2v) is 7.95. The first kappa shape index (κ1) is 16.9. The van der Waals surface area contributed by atoms with Gasteiger partial charge in [-0.3, -0.25) is 4.79 Å². The molecule has 1 fully saturated rings. The van der Waals surface area contributed by atoms with Crippen LogP contribution < -0.4 is 5.32 Å². The molecule has 1 aliphatic rings. The lowest BCUT2D eigenvalue weighted by Crippen LogP contribution is -2.38. The van der Waals surface area contributed by atoms with E-state index >= 15 is 0 Å². The molecular formula is C13H13BrFNO5S. The van der Waals surface area contributed by atoms with Gasteiger partial charge in [-0.05, 0) is 40.5 Å². The van der Waals surface area contributed by atoms with Gasteiger partial charge in [0.1, 0.15) is 5.82 Å². The number of hydrogen-bond acceptors (Lipinski definition) is 5. The zero-order valence-corrected chi connectivity index (χ0v) is 13.7. The summed E-state index contributed by atoms with van der Waals surface area (Å²) in [5.74, 6) is -2.12. The molecular weight excluding hydrogens is 381 g/mol. The van der Waals surface area contributed by atoms with Crippen molar-refractivity contribution in [3.05, 3.63) is 34.1 Å². The number of carbonyl (C=O) groups excluding carboxylic acids is 2. The van der Waals surface area contributed by atoms with Gasteiger partial charge in [-0.15, -0.1) is 0 Å². The summed E-state index contributed by atoms with van der Waals surface area (Å²) in [6, 6.07) is 3.06. The van der Waals surface area contributed by atoms with Gasteiger partial charge in [-0.2, -0.15) is 0 Å². The van der Waals surface area contributed by atoms with E-state index in [1.807, 2.05) is 0 Å². The summed E-state index contributed by atoms with van der Waals surface area (Å²) < 4.78 is 40.8. The number of esters is 1. The summed E-state index contributed by atoms with van der Waals surface area (Å²) >= 11 is 3.09. The normalized spacial score (nSPS) is 19.6. The molecule has 1 N–H and O–H groups in total. The Bertz CT molecular complexity index is 706. The van der Waals surface area contributed by atoms with Gasteiger partial charge in [0.25, 0.3) is 5.91 Å². The van der Waals surface area contributed by atoms with E-state index in [1.165, 1.54) is 12.1 Å². The van der Waals surface area contributed by atoms with Crippen LogP contribution >= 0.6 is 15.9 Å². The van der Waals surface area contributed by atoms with Crippen LogP contribution in [-0.2, 0) is 19.4 Å². The summed E-state index contributed by atoms with van der Waals surface area (Å²) in [4.78, 5) is 23.4. The van der Waals surface area contributed by atoms with Crippen molar-refractivity contribution in [3.8, 4) is 0 Å². The summed E-state index contributed by atoms with van der Waals surface area (Å²) in [7, 11) is -3.10. The lowest BCUT2D eigenvalue weighted by atomic mass is 10.2. The number of ether oxygens (including phenoxy) is 1. The number of amides is 1. The molecule has 22 heavy (non-hydrogen) atoms. The van der Waals surface area contributed by atoms with Gasteiger partial charge >= 0.3 is 5.97 Å². The third-order valence-corrected chi connectivity index (χ3v) is 5.54. The van der Waals surface area contributed by atoms with E-state index in [9.17, 15) is 22.4 Å². The lowest BCUT2D eigenvalue weighted by molar-refractivity contribution is -0.124. The Morgan fingerprint density at radius 3 is 2.77 bits per heavy atom. The van der Waals surface area contributed by atoms with E-state index < -0.39 is 40.2 Å². The maximum atomic E-state index is 13.1. The quantitative estimate of drug-likeness (QED) is 0.772. The van der Waals surface area contributed by atoms with Crippen LogP contribution in [0.15, 0.2) is 22.7 Å². The van der Waals surface area contributed by atoms with E-state index in [4.69, 9.17) is 4.74 Å². The van der Waals surface area contributed by atoms with Crippen molar-refractivity contribution in [2.75, 3.05) is 18.1 Å². The van der Waals surface area contributed by atoms with Crippen LogP contribution in [0.1, 0.15) is 16.8 Å². The summed E-state index contributed by atoms with van der Waals surface area (Å²) in [5.41, 5.74) is -0.0313. The predicted molar refractivity (Wildman–Crippen MR) is 79.6 cm³/mol. The lowest BCUT2D eigenvalue weighted by Gasteiger charge is -2.11. The first-order valence-corrected chi connectivity index (χ1v) is 9.00. The Kier molecular flexibility index (Phi) is 5.17. The number of carbonyl (C=O) groups is 2. The van der Waals surface area contributed by atoms with E-state index in [-0.39, 0.29) is 17.1 Å². The third kappa shape index (κ3) is 4.51. The topological polar surface area (TPSA) is 89.5 Å². The molecule has 2 rings (SSSR count). The average molecular weight is 394 g/mol. The van der Waals surface area contributed by atoms with E-state index in [0.717, 1.165) is 6.07 Å². The highest BCUT2D eigenvalue weighted by Crippen LogP contribution is 2.18. The molecule has 120 valence electrons. The zero-order chi connectivity index (χ0) is 16.3. The van der Waals surface area contributed by atoms with Crippen molar-refractivity contribution in [1.29, 1.82) is 0 Å². The monoisotopic (exact) mass is 393 g/mol. The van der Waals surface area contributed by atoms with Gasteiger partial charge in [-0.25, -0.2) is 17.6 Å². The third-order valence-electron chi connectivity index (χ3n) is 3.08. The van der Waals surface area contributed by atoms with Crippen molar-refractivity contribution in [3.63, 3.8) is 0 Å². The number of benzene rings is 1. The molecule has 0 unspecified atom stereocenters. The van der Waals surface area contributed by atoms with Crippen LogP contribution in [0.5, 0.6) is 0 Å². The molecule has 0 radical (unpaired) electrons. The van der Waals surface area contributed by atoms with Crippen molar-refractivity contribution >= 4 is 37.6 Å². The molecule has 1 aromatic rings. The van der Waals surface area contributed by atoms with E-state index in [1.54, 1.807) is 0 Å². The van der Waals surface area contributed by atoms with Crippen LogP contribution in [-0.4, -0.2) is 44.4 Å². The zero-order valence-electron chi connectivity index (χ0n) is 11.3. The molecule has 6 nitrogen and oxygen atoms in total. The highest BCUT2D eigenvalue weighted by atomic mass is 79.9. The van der Waals surface area contributed by atoms with Crippen LogP contribution in [0.4, 0.5) is 4.39 Å². The largest absolute Gasteiger partial charge is 0.452 e. The molecule has 0 saturated carbocycles. The van der Waals surface area contributed by atoms with Crippen molar-refractivity contribution < 1.29 is 27.1 Å². The molecule has 1 atom stereocenters. The molecule has 1 heterocycles. The fourth-order valence-corrected chi connectivity index (χ4v) is 4.12. The highest BCUT2D eigenvalue weighted by molar-refractivity contribution is 9.10. The second-order valence-electron chi connectivity index (χ2n) is 4.87. The number of rotatable bonds is 4. The van der Waals surface area contributed by atoms with E-state index in [2.05, 4.69) is 21.2 Å². The van der Waals surface area contributed by atoms with E-state index in [0.29, 0.717) is 10.9 Å². The first-order valence-electron chi connectivity index (χ1n) is 6.39. The molecule has 1 amide bonds. The summed E-state index contributed by atoms with van der Waals surface area (Å²) in [6.07, 6.45) is 0.345. The smallest absolute Gasteiger partial charge is 0.339 e. The first-order chi connectivity index (χ1) is 10.3. The Morgan fingerprint density at radius 2 is 2.14 bits per heavy atom. The number of halogens is 2. The molecule has 1 aromatic carbocycles. The molecule has 1 aliphatic heterocycles. The van der Waals surface area contributed by atoms with Crippen molar-refractivity contribution in [2.45, 2.75) is 12.5 Å². The van der Waals surface area contributed by atoms with Crippen molar-refractivity contribution in [2.24, 2.45) is 0 Å².